The van der Waals surface area contributed by atoms with Crippen molar-refractivity contribution in [3.8, 4) is 0 Å². The molecule has 0 aromatic heterocycles. The number of carbonyl (C=O) groups is 1. The van der Waals surface area contributed by atoms with Crippen LogP contribution in [0.1, 0.15) is 58.3 Å². The van der Waals surface area contributed by atoms with Gasteiger partial charge in [-0.15, -0.1) is 24.8 Å². The molecule has 2 aliphatic heterocycles. The van der Waals surface area contributed by atoms with E-state index in [2.05, 4.69) is 83.0 Å². The Morgan fingerprint density at radius 3 is 2.34 bits per heavy atom. The summed E-state index contributed by atoms with van der Waals surface area (Å²) in [7, 11) is 0. The first-order valence-electron chi connectivity index (χ1n) is 12.5. The lowest BCUT2D eigenvalue weighted by Crippen LogP contribution is -2.28. The van der Waals surface area contributed by atoms with Gasteiger partial charge in [0.15, 0.2) is 5.78 Å². The highest BCUT2D eigenvalue weighted by molar-refractivity contribution is 5.96. The van der Waals surface area contributed by atoms with E-state index in [-0.39, 0.29) is 24.8 Å². The summed E-state index contributed by atoms with van der Waals surface area (Å²) in [5, 5.41) is 3.42. The van der Waals surface area contributed by atoms with E-state index in [1.807, 2.05) is 0 Å². The molecule has 1 saturated heterocycles. The number of rotatable bonds is 6. The van der Waals surface area contributed by atoms with Crippen LogP contribution in [0.15, 0.2) is 72.8 Å². The zero-order valence-corrected chi connectivity index (χ0v) is 21.9. The number of hydrogen-bond donors (Lipinski definition) is 1. The highest BCUT2D eigenvalue weighted by atomic mass is 35.5. The first-order chi connectivity index (χ1) is 16.3. The maximum atomic E-state index is 13.1. The van der Waals surface area contributed by atoms with E-state index in [0.29, 0.717) is 18.1 Å². The lowest BCUT2D eigenvalue weighted by molar-refractivity contribution is 0.0970. The van der Waals surface area contributed by atoms with Crippen molar-refractivity contribution in [2.45, 2.75) is 51.6 Å². The molecule has 3 nitrogen and oxygen atoms in total. The average molecular weight is 512 g/mol. The van der Waals surface area contributed by atoms with Crippen LogP contribution in [0.2, 0.25) is 0 Å². The first kappa shape index (κ1) is 27.3. The van der Waals surface area contributed by atoms with E-state index in [9.17, 15) is 4.79 Å². The monoisotopic (exact) mass is 510 g/mol. The number of hydrogen-bond acceptors (Lipinski definition) is 3. The van der Waals surface area contributed by atoms with E-state index in [0.717, 1.165) is 51.0 Å². The van der Waals surface area contributed by atoms with Gasteiger partial charge in [-0.25, -0.2) is 0 Å². The summed E-state index contributed by atoms with van der Waals surface area (Å²) in [6, 6.07) is 25.9. The molecule has 1 N–H and O–H groups in total. The second-order valence-corrected chi connectivity index (χ2v) is 9.61. The molecule has 0 unspecified atom stereocenters. The lowest BCUT2D eigenvalue weighted by atomic mass is 9.89. The minimum atomic E-state index is 0. The smallest absolute Gasteiger partial charge is 0.162 e. The van der Waals surface area contributed by atoms with Gasteiger partial charge in [0.2, 0.25) is 0 Å². The van der Waals surface area contributed by atoms with E-state index in [1.165, 1.54) is 40.8 Å². The summed E-state index contributed by atoms with van der Waals surface area (Å²) in [5.74, 6) is 0.991. The quantitative estimate of drug-likeness (QED) is 0.370. The van der Waals surface area contributed by atoms with Crippen LogP contribution in [0.4, 0.5) is 5.69 Å². The number of fused-ring (bicyclic) bond motifs is 2. The van der Waals surface area contributed by atoms with Gasteiger partial charge < -0.3 is 10.2 Å². The Labute approximate surface area is 222 Å². The molecular weight excluding hydrogens is 475 g/mol. The van der Waals surface area contributed by atoms with Crippen LogP contribution in [-0.4, -0.2) is 18.9 Å². The number of nitrogens with zero attached hydrogens (tertiary/aromatic N) is 1. The molecule has 0 spiro atoms. The number of ketones is 1. The Morgan fingerprint density at radius 2 is 1.54 bits per heavy atom. The van der Waals surface area contributed by atoms with Crippen molar-refractivity contribution in [2.24, 2.45) is 5.92 Å². The van der Waals surface area contributed by atoms with Gasteiger partial charge in [0.25, 0.3) is 0 Å². The molecule has 0 radical (unpaired) electrons. The average Bonchev–Trinajstić information content (AvgIpc) is 2.86. The number of aryl methyl sites for hydroxylation is 2. The highest BCUT2D eigenvalue weighted by Gasteiger charge is 2.20. The van der Waals surface area contributed by atoms with Crippen LogP contribution < -0.4 is 10.2 Å². The Kier molecular flexibility index (Phi) is 10.2. The molecular formula is C30H36Cl2N2O. The van der Waals surface area contributed by atoms with Crippen molar-refractivity contribution in [3.63, 3.8) is 0 Å². The Bertz CT molecular complexity index is 1100. The molecule has 0 saturated carbocycles. The third-order valence-corrected chi connectivity index (χ3v) is 7.34. The third kappa shape index (κ3) is 6.88. The number of halogens is 2. The van der Waals surface area contributed by atoms with E-state index < -0.39 is 0 Å². The number of Topliss-reactive ketones (excluding diaryl/α,β-unsaturated/α-hetero) is 1. The van der Waals surface area contributed by atoms with Crippen molar-refractivity contribution in [1.82, 2.24) is 5.32 Å². The van der Waals surface area contributed by atoms with Gasteiger partial charge in [0.05, 0.1) is 0 Å². The summed E-state index contributed by atoms with van der Waals surface area (Å²) >= 11 is 0. The van der Waals surface area contributed by atoms with E-state index in [1.54, 1.807) is 0 Å². The predicted molar refractivity (Wildman–Crippen MR) is 150 cm³/mol. The Hall–Kier alpha value is -2.33. The molecule has 3 aromatic rings. The minimum absolute atomic E-state index is 0. The maximum absolute atomic E-state index is 13.1. The molecule has 0 aliphatic carbocycles. The topological polar surface area (TPSA) is 32.3 Å². The molecule has 3 aromatic carbocycles. The standard InChI is InChI=1S/C30H34N2O.2ClH/c33-30(15-10-23-16-18-31-19-17-23)27-14-12-25-11-13-26-8-4-5-9-29(26)32(22-28(25)20-27)21-24-6-2-1-3-7-24;;/h1-9,12,14,20,23,31H,10-11,13,15-19,21-22H2;2*1H. The Morgan fingerprint density at radius 1 is 0.829 bits per heavy atom. The highest BCUT2D eigenvalue weighted by Crippen LogP contribution is 2.30. The molecule has 186 valence electrons. The lowest BCUT2D eigenvalue weighted by Gasteiger charge is -2.31. The molecule has 0 bridgehead atoms. The fourth-order valence-corrected chi connectivity index (χ4v) is 5.38. The Balaban J connectivity index is 0.00000171. The normalized spacial score (nSPS) is 15.5. The number of piperidine rings is 1. The molecule has 2 aliphatic rings. The number of anilines is 1. The van der Waals surface area contributed by atoms with Gasteiger partial charge in [-0.3, -0.25) is 4.79 Å². The van der Waals surface area contributed by atoms with Crippen LogP contribution in [0.3, 0.4) is 0 Å². The largest absolute Gasteiger partial charge is 0.363 e. The fourth-order valence-electron chi connectivity index (χ4n) is 5.38. The molecule has 35 heavy (non-hydrogen) atoms. The molecule has 2 heterocycles. The van der Waals surface area contributed by atoms with E-state index >= 15 is 0 Å². The second kappa shape index (κ2) is 13.1. The van der Waals surface area contributed by atoms with Crippen molar-refractivity contribution in [1.29, 1.82) is 0 Å². The van der Waals surface area contributed by atoms with Crippen molar-refractivity contribution in [3.05, 3.63) is 101 Å². The van der Waals surface area contributed by atoms with Crippen LogP contribution in [0.25, 0.3) is 0 Å². The summed E-state index contributed by atoms with van der Waals surface area (Å²) in [4.78, 5) is 15.5. The SMILES string of the molecule is Cl.Cl.O=C(CCC1CCNCC1)c1ccc2c(c1)CN(Cc1ccccc1)c1ccccc1CC2. The van der Waals surface area contributed by atoms with Crippen LogP contribution >= 0.6 is 24.8 Å². The molecule has 0 amide bonds. The summed E-state index contributed by atoms with van der Waals surface area (Å²) in [5.41, 5.74) is 7.58. The van der Waals surface area contributed by atoms with Crippen molar-refractivity contribution >= 4 is 36.3 Å². The van der Waals surface area contributed by atoms with Gasteiger partial charge in [-0.2, -0.15) is 0 Å². The number of carbonyl (C=O) groups excluding carboxylic acids is 1. The number of para-hydroxylation sites is 1. The van der Waals surface area contributed by atoms with Crippen molar-refractivity contribution < 1.29 is 4.79 Å². The zero-order valence-electron chi connectivity index (χ0n) is 20.2. The molecule has 5 rings (SSSR count). The van der Waals surface area contributed by atoms with Gasteiger partial charge in [0, 0.05) is 30.8 Å². The van der Waals surface area contributed by atoms with Gasteiger partial charge in [-0.1, -0.05) is 60.7 Å². The summed E-state index contributed by atoms with van der Waals surface area (Å²) in [6.07, 6.45) is 6.13. The number of benzene rings is 3. The second-order valence-electron chi connectivity index (χ2n) is 9.61. The van der Waals surface area contributed by atoms with Gasteiger partial charge >= 0.3 is 0 Å². The summed E-state index contributed by atoms with van der Waals surface area (Å²) < 4.78 is 0. The molecule has 1 fully saturated rings. The minimum Gasteiger partial charge on any atom is -0.363 e. The van der Waals surface area contributed by atoms with Gasteiger partial charge in [0.1, 0.15) is 0 Å². The maximum Gasteiger partial charge on any atom is 0.162 e. The van der Waals surface area contributed by atoms with Crippen molar-refractivity contribution in [2.75, 3.05) is 18.0 Å². The first-order valence-corrected chi connectivity index (χ1v) is 12.5. The summed E-state index contributed by atoms with van der Waals surface area (Å²) in [6.45, 7) is 3.88. The van der Waals surface area contributed by atoms with Gasteiger partial charge in [-0.05, 0) is 85.5 Å². The predicted octanol–water partition coefficient (Wildman–Crippen LogP) is 6.80. The fraction of sp³-hybridized carbons (Fsp3) is 0.367. The molecule has 0 atom stereocenters. The van der Waals surface area contributed by atoms with Crippen LogP contribution in [0.5, 0.6) is 0 Å². The number of nitrogens with one attached hydrogen (secondary N) is 1. The van der Waals surface area contributed by atoms with Crippen LogP contribution in [0, 0.1) is 5.92 Å². The van der Waals surface area contributed by atoms with Crippen LogP contribution in [-0.2, 0) is 25.9 Å². The molecule has 5 heteroatoms. The van der Waals surface area contributed by atoms with E-state index in [4.69, 9.17) is 0 Å². The third-order valence-electron chi connectivity index (χ3n) is 7.34. The zero-order chi connectivity index (χ0) is 22.5.